The third-order valence-electron chi connectivity index (χ3n) is 4.08. The first-order chi connectivity index (χ1) is 14.0. The molecule has 170 valence electrons. The van der Waals surface area contributed by atoms with Crippen LogP contribution in [0.3, 0.4) is 0 Å². The number of aromatic nitrogens is 1. The van der Waals surface area contributed by atoms with E-state index in [2.05, 4.69) is 10.3 Å². The van der Waals surface area contributed by atoms with Crippen molar-refractivity contribution in [2.45, 2.75) is 65.5 Å². The van der Waals surface area contributed by atoms with Crippen LogP contribution in [0.4, 0.5) is 4.79 Å². The van der Waals surface area contributed by atoms with Crippen molar-refractivity contribution < 1.29 is 22.7 Å². The van der Waals surface area contributed by atoms with Crippen LogP contribution in [0.1, 0.15) is 58.9 Å². The van der Waals surface area contributed by atoms with Gasteiger partial charge in [-0.15, -0.1) is 0 Å². The lowest BCUT2D eigenvalue weighted by atomic mass is 10.2. The minimum Gasteiger partial charge on any atom is -0.444 e. The van der Waals surface area contributed by atoms with Gasteiger partial charge in [-0.3, -0.25) is 9.78 Å². The Morgan fingerprint density at radius 1 is 1.20 bits per heavy atom. The number of rotatable bonds is 12. The van der Waals surface area contributed by atoms with Gasteiger partial charge in [-0.2, -0.15) is 0 Å². The Kier molecular flexibility index (Phi) is 10.8. The molecule has 0 bridgehead atoms. The van der Waals surface area contributed by atoms with Crippen molar-refractivity contribution in [1.82, 2.24) is 15.2 Å². The lowest BCUT2D eigenvalue weighted by Gasteiger charge is -2.27. The average Bonchev–Trinajstić information content (AvgIpc) is 2.63. The molecule has 1 aromatic heterocycles. The van der Waals surface area contributed by atoms with Crippen molar-refractivity contribution in [2.75, 3.05) is 24.6 Å². The molecular formula is C21H35N3O5S. The highest BCUT2D eigenvalue weighted by Gasteiger charge is 2.22. The van der Waals surface area contributed by atoms with Crippen LogP contribution >= 0.6 is 0 Å². The molecule has 1 heterocycles. The Labute approximate surface area is 180 Å². The third kappa shape index (κ3) is 11.7. The molecule has 8 nitrogen and oxygen atoms in total. The molecule has 0 aliphatic carbocycles. The molecular weight excluding hydrogens is 406 g/mol. The number of sulfone groups is 1. The summed E-state index contributed by atoms with van der Waals surface area (Å²) in [5.74, 6) is -0.976. The maximum absolute atomic E-state index is 12.5. The van der Waals surface area contributed by atoms with Gasteiger partial charge < -0.3 is 15.0 Å². The zero-order valence-corrected chi connectivity index (χ0v) is 19.3. The summed E-state index contributed by atoms with van der Waals surface area (Å²) < 4.78 is 29.4. The fourth-order valence-corrected chi connectivity index (χ4v) is 3.96. The monoisotopic (exact) mass is 441 g/mol. The number of carbonyl (C=O) groups is 2. The molecule has 0 aromatic carbocycles. The van der Waals surface area contributed by atoms with Gasteiger partial charge >= 0.3 is 6.09 Å². The first-order valence-corrected chi connectivity index (χ1v) is 12.2. The number of hydrogen-bond donors (Lipinski definition) is 1. The number of nitrogens with one attached hydrogen (secondary N) is 1. The van der Waals surface area contributed by atoms with Crippen LogP contribution in [0.2, 0.25) is 0 Å². The van der Waals surface area contributed by atoms with Crippen LogP contribution in [-0.2, 0) is 25.9 Å². The van der Waals surface area contributed by atoms with Crippen LogP contribution in [-0.4, -0.2) is 60.5 Å². The van der Waals surface area contributed by atoms with E-state index in [1.54, 1.807) is 44.1 Å². The lowest BCUT2D eigenvalue weighted by Crippen LogP contribution is -2.38. The first kappa shape index (κ1) is 25.9. The van der Waals surface area contributed by atoms with Crippen molar-refractivity contribution in [3.8, 4) is 0 Å². The fraction of sp³-hybridized carbons (Fsp3) is 0.667. The summed E-state index contributed by atoms with van der Waals surface area (Å²) in [4.78, 5) is 30.1. The van der Waals surface area contributed by atoms with Crippen LogP contribution in [0.15, 0.2) is 24.5 Å². The van der Waals surface area contributed by atoms with E-state index in [1.165, 1.54) is 0 Å². The Balaban J connectivity index is 2.52. The van der Waals surface area contributed by atoms with E-state index in [4.69, 9.17) is 4.74 Å². The summed E-state index contributed by atoms with van der Waals surface area (Å²) in [6.45, 7) is 8.36. The molecule has 2 amide bonds. The van der Waals surface area contributed by atoms with Gasteiger partial charge in [0, 0.05) is 25.5 Å². The molecule has 0 radical (unpaired) electrons. The van der Waals surface area contributed by atoms with Crippen molar-refractivity contribution >= 4 is 21.8 Å². The molecule has 30 heavy (non-hydrogen) atoms. The molecule has 0 fully saturated rings. The quantitative estimate of drug-likeness (QED) is 0.500. The predicted molar refractivity (Wildman–Crippen MR) is 117 cm³/mol. The standard InChI is InChI=1S/C21H35N3O5S/c1-5-6-7-14-30(27,28)17-19(25)23-12-9-13-24(20(26)29-21(2,3)4)16-18-10-8-11-22-15-18/h8,10-11,15H,5-7,9,12-14,16-17H2,1-4H3,(H,23,25). The summed E-state index contributed by atoms with van der Waals surface area (Å²) in [5, 5.41) is 2.63. The molecule has 1 aromatic rings. The number of carbonyl (C=O) groups excluding carboxylic acids is 2. The van der Waals surface area contributed by atoms with Crippen LogP contribution < -0.4 is 5.32 Å². The summed E-state index contributed by atoms with van der Waals surface area (Å²) in [6.07, 6.45) is 5.70. The summed E-state index contributed by atoms with van der Waals surface area (Å²) in [6, 6.07) is 3.67. The van der Waals surface area contributed by atoms with Crippen molar-refractivity contribution in [3.63, 3.8) is 0 Å². The molecule has 0 aliphatic heterocycles. The first-order valence-electron chi connectivity index (χ1n) is 10.4. The molecule has 0 spiro atoms. The van der Waals surface area contributed by atoms with Crippen molar-refractivity contribution in [1.29, 1.82) is 0 Å². The summed E-state index contributed by atoms with van der Waals surface area (Å²) >= 11 is 0. The van der Waals surface area contributed by atoms with E-state index in [-0.39, 0.29) is 12.3 Å². The van der Waals surface area contributed by atoms with Gasteiger partial charge in [0.1, 0.15) is 11.4 Å². The van der Waals surface area contributed by atoms with E-state index >= 15 is 0 Å². The van der Waals surface area contributed by atoms with Gasteiger partial charge in [-0.1, -0.05) is 25.8 Å². The minimum absolute atomic E-state index is 0.0335. The topological polar surface area (TPSA) is 106 Å². The van der Waals surface area contributed by atoms with Crippen molar-refractivity contribution in [3.05, 3.63) is 30.1 Å². The number of pyridine rings is 1. The maximum atomic E-state index is 12.5. The average molecular weight is 442 g/mol. The molecule has 1 N–H and O–H groups in total. The van der Waals surface area contributed by atoms with Gasteiger partial charge in [0.15, 0.2) is 9.84 Å². The second-order valence-corrected chi connectivity index (χ2v) is 10.4. The van der Waals surface area contributed by atoms with E-state index < -0.39 is 33.2 Å². The summed E-state index contributed by atoms with van der Waals surface area (Å²) in [7, 11) is -3.38. The van der Waals surface area contributed by atoms with Crippen LogP contribution in [0.25, 0.3) is 0 Å². The number of hydrogen-bond acceptors (Lipinski definition) is 6. The molecule has 0 unspecified atom stereocenters. The van der Waals surface area contributed by atoms with Crippen LogP contribution in [0, 0.1) is 0 Å². The highest BCUT2D eigenvalue weighted by atomic mass is 32.2. The van der Waals surface area contributed by atoms with E-state index in [1.807, 2.05) is 13.0 Å². The highest BCUT2D eigenvalue weighted by molar-refractivity contribution is 7.92. The van der Waals surface area contributed by atoms with E-state index in [0.29, 0.717) is 25.9 Å². The van der Waals surface area contributed by atoms with Gasteiger partial charge in [0.25, 0.3) is 0 Å². The fourth-order valence-electron chi connectivity index (χ4n) is 2.67. The second-order valence-electron chi connectivity index (χ2n) is 8.27. The Morgan fingerprint density at radius 2 is 1.93 bits per heavy atom. The minimum atomic E-state index is -3.38. The lowest BCUT2D eigenvalue weighted by molar-refractivity contribution is -0.118. The maximum Gasteiger partial charge on any atom is 0.410 e. The largest absolute Gasteiger partial charge is 0.444 e. The number of amides is 2. The summed E-state index contributed by atoms with van der Waals surface area (Å²) in [5.41, 5.74) is 0.246. The van der Waals surface area contributed by atoms with E-state index in [9.17, 15) is 18.0 Å². The molecule has 1 rings (SSSR count). The molecule has 0 saturated heterocycles. The Bertz CT molecular complexity index is 761. The van der Waals surface area contributed by atoms with Crippen LogP contribution in [0.5, 0.6) is 0 Å². The zero-order valence-electron chi connectivity index (χ0n) is 18.5. The smallest absolute Gasteiger partial charge is 0.410 e. The van der Waals surface area contributed by atoms with Gasteiger partial charge in [0.2, 0.25) is 5.91 Å². The van der Waals surface area contributed by atoms with E-state index in [0.717, 1.165) is 18.4 Å². The van der Waals surface area contributed by atoms with Gasteiger partial charge in [0.05, 0.1) is 12.3 Å². The molecule has 0 atom stereocenters. The normalized spacial score (nSPS) is 11.7. The highest BCUT2D eigenvalue weighted by Crippen LogP contribution is 2.12. The molecule has 0 saturated carbocycles. The number of unbranched alkanes of at least 4 members (excludes halogenated alkanes) is 2. The SMILES string of the molecule is CCCCCS(=O)(=O)CC(=O)NCCCN(Cc1cccnc1)C(=O)OC(C)(C)C. The van der Waals surface area contributed by atoms with Gasteiger partial charge in [-0.05, 0) is 45.2 Å². The predicted octanol–water partition coefficient (Wildman–Crippen LogP) is 2.93. The molecule has 9 heteroatoms. The number of ether oxygens (including phenoxy) is 1. The number of nitrogens with zero attached hydrogens (tertiary/aromatic N) is 2. The third-order valence-corrected chi connectivity index (χ3v) is 5.70. The Morgan fingerprint density at radius 3 is 2.53 bits per heavy atom. The van der Waals surface area contributed by atoms with Gasteiger partial charge in [-0.25, -0.2) is 13.2 Å². The molecule has 0 aliphatic rings. The Hall–Kier alpha value is -2.16. The zero-order chi connectivity index (χ0) is 22.6. The van der Waals surface area contributed by atoms with Crippen molar-refractivity contribution in [2.24, 2.45) is 0 Å². The second kappa shape index (κ2) is 12.5.